The molecule has 0 aromatic carbocycles. The minimum atomic E-state index is -1.60. The number of nitrogens with one attached hydrogen (secondary N) is 1. The Morgan fingerprint density at radius 2 is 1.06 bits per heavy atom. The molecule has 0 aromatic heterocycles. The Kier molecular flexibility index (Phi) is 29.0. The topological polar surface area (TPSA) is 169 Å². The Labute approximate surface area is 298 Å². The van der Waals surface area contributed by atoms with E-state index in [1.54, 1.807) is 0 Å². The molecule has 8 atom stereocenters. The van der Waals surface area contributed by atoms with Crippen molar-refractivity contribution in [2.45, 2.75) is 230 Å². The fourth-order valence-electron chi connectivity index (χ4n) is 6.67. The molecule has 1 aliphatic heterocycles. The first-order valence-corrected chi connectivity index (χ1v) is 20.3. The Bertz CT molecular complexity index is 758. The standard InChI is InChI=1S/C39H77NO9/c1-3-5-7-9-11-13-15-17-19-21-23-25-27-32(42)35(44)31(30-48-39-38(47)37(46)36(45)33(29-41)49-39)40-34(43)28-26-24-22-20-18-16-14-12-10-8-6-4-2/h31-33,35-39,41-42,44-47H,3-30H2,1-2H3,(H,40,43)/t31-,32+,33+,35-,36-,37?,38?,39+/m0/s1. The number of amides is 1. The first kappa shape index (κ1) is 46.2. The number of hydrogen-bond acceptors (Lipinski definition) is 9. The third kappa shape index (κ3) is 22.0. The molecule has 0 spiro atoms. The molecule has 0 bridgehead atoms. The molecule has 1 fully saturated rings. The van der Waals surface area contributed by atoms with E-state index >= 15 is 0 Å². The molecule has 10 heteroatoms. The van der Waals surface area contributed by atoms with Crippen molar-refractivity contribution in [1.29, 1.82) is 0 Å². The maximum Gasteiger partial charge on any atom is 0.220 e. The predicted octanol–water partition coefficient (Wildman–Crippen LogP) is 6.19. The number of carbonyl (C=O) groups is 1. The van der Waals surface area contributed by atoms with Gasteiger partial charge in [0.15, 0.2) is 6.29 Å². The maximum absolute atomic E-state index is 12.9. The van der Waals surface area contributed by atoms with Gasteiger partial charge in [0.2, 0.25) is 5.91 Å². The maximum atomic E-state index is 12.9. The number of aliphatic hydroxyl groups is 6. The normalized spacial score (nSPS) is 23.0. The highest BCUT2D eigenvalue weighted by Gasteiger charge is 2.44. The lowest BCUT2D eigenvalue weighted by Gasteiger charge is -2.40. The minimum Gasteiger partial charge on any atom is -0.394 e. The molecule has 1 heterocycles. The van der Waals surface area contributed by atoms with E-state index < -0.39 is 55.6 Å². The van der Waals surface area contributed by atoms with E-state index in [9.17, 15) is 35.4 Å². The van der Waals surface area contributed by atoms with Gasteiger partial charge in [0.25, 0.3) is 0 Å². The predicted molar refractivity (Wildman–Crippen MR) is 195 cm³/mol. The van der Waals surface area contributed by atoms with E-state index in [1.807, 2.05) is 0 Å². The van der Waals surface area contributed by atoms with Crippen molar-refractivity contribution >= 4 is 5.91 Å². The van der Waals surface area contributed by atoms with Crippen LogP contribution in [0.25, 0.3) is 0 Å². The number of aliphatic hydroxyl groups excluding tert-OH is 6. The second-order valence-electron chi connectivity index (χ2n) is 14.6. The van der Waals surface area contributed by atoms with Crippen LogP contribution in [0.4, 0.5) is 0 Å². The summed E-state index contributed by atoms with van der Waals surface area (Å²) in [5.74, 6) is -0.258. The zero-order chi connectivity index (χ0) is 36.1. The van der Waals surface area contributed by atoms with E-state index in [0.29, 0.717) is 6.42 Å². The Balaban J connectivity index is 2.47. The molecule has 2 unspecified atom stereocenters. The average Bonchev–Trinajstić information content (AvgIpc) is 3.10. The molecule has 1 aliphatic rings. The Morgan fingerprint density at radius 1 is 0.633 bits per heavy atom. The van der Waals surface area contributed by atoms with Crippen LogP contribution in [0.2, 0.25) is 0 Å². The summed E-state index contributed by atoms with van der Waals surface area (Å²) in [7, 11) is 0. The van der Waals surface area contributed by atoms with Crippen molar-refractivity contribution in [1.82, 2.24) is 5.32 Å². The monoisotopic (exact) mass is 704 g/mol. The van der Waals surface area contributed by atoms with Gasteiger partial charge < -0.3 is 45.4 Å². The van der Waals surface area contributed by atoms with Crippen LogP contribution in [0.5, 0.6) is 0 Å². The molecule has 0 saturated carbocycles. The second-order valence-corrected chi connectivity index (χ2v) is 14.6. The summed E-state index contributed by atoms with van der Waals surface area (Å²) in [5.41, 5.74) is 0. The van der Waals surface area contributed by atoms with Gasteiger partial charge in [-0.3, -0.25) is 4.79 Å². The van der Waals surface area contributed by atoms with Gasteiger partial charge in [0.1, 0.15) is 30.5 Å². The fraction of sp³-hybridized carbons (Fsp3) is 0.974. The molecule has 1 amide bonds. The van der Waals surface area contributed by atoms with Gasteiger partial charge in [-0.1, -0.05) is 162 Å². The summed E-state index contributed by atoms with van der Waals surface area (Å²) in [6, 6.07) is -0.982. The molecule has 1 saturated heterocycles. The summed E-state index contributed by atoms with van der Waals surface area (Å²) in [5, 5.41) is 64.8. The van der Waals surface area contributed by atoms with E-state index in [1.165, 1.54) is 109 Å². The summed E-state index contributed by atoms with van der Waals surface area (Å²) in [6.45, 7) is 3.58. The fourth-order valence-corrected chi connectivity index (χ4v) is 6.67. The molecule has 10 nitrogen and oxygen atoms in total. The van der Waals surface area contributed by atoms with Gasteiger partial charge >= 0.3 is 0 Å². The number of carbonyl (C=O) groups excluding carboxylic acids is 1. The quantitative estimate of drug-likeness (QED) is 0.0394. The molecule has 49 heavy (non-hydrogen) atoms. The Morgan fingerprint density at radius 3 is 1.51 bits per heavy atom. The second kappa shape index (κ2) is 30.7. The highest BCUT2D eigenvalue weighted by molar-refractivity contribution is 5.76. The van der Waals surface area contributed by atoms with Gasteiger partial charge in [-0.05, 0) is 12.8 Å². The van der Waals surface area contributed by atoms with Crippen LogP contribution in [0.3, 0.4) is 0 Å². The van der Waals surface area contributed by atoms with Gasteiger partial charge in [-0.15, -0.1) is 0 Å². The van der Waals surface area contributed by atoms with E-state index in [0.717, 1.165) is 44.9 Å². The van der Waals surface area contributed by atoms with Crippen molar-refractivity contribution < 1.29 is 44.9 Å². The third-order valence-electron chi connectivity index (χ3n) is 10.1. The zero-order valence-corrected chi connectivity index (χ0v) is 31.3. The van der Waals surface area contributed by atoms with Crippen LogP contribution in [0, 0.1) is 0 Å². The number of ether oxygens (including phenoxy) is 2. The van der Waals surface area contributed by atoms with Gasteiger partial charge in [-0.25, -0.2) is 0 Å². The summed E-state index contributed by atoms with van der Waals surface area (Å²) in [6.07, 6.45) is 19.7. The first-order valence-electron chi connectivity index (χ1n) is 20.3. The smallest absolute Gasteiger partial charge is 0.220 e. The largest absolute Gasteiger partial charge is 0.394 e. The van der Waals surface area contributed by atoms with Crippen LogP contribution < -0.4 is 5.32 Å². The first-order chi connectivity index (χ1) is 23.8. The SMILES string of the molecule is CCCCCCCCCCCCCCC(=O)N[C@@H](CO[C@@H]1O[C@H](CO)[C@H](O)C(O)C1O)[C@H](O)[C@H](O)CCCCCCCCCCCCCC. The molecule has 0 radical (unpaired) electrons. The van der Waals surface area contributed by atoms with Gasteiger partial charge in [-0.2, -0.15) is 0 Å². The highest BCUT2D eigenvalue weighted by Crippen LogP contribution is 2.23. The van der Waals surface area contributed by atoms with Crippen LogP contribution in [0.1, 0.15) is 181 Å². The summed E-state index contributed by atoms with van der Waals surface area (Å²) >= 11 is 0. The number of hydrogen-bond donors (Lipinski definition) is 7. The lowest BCUT2D eigenvalue weighted by atomic mass is 9.98. The van der Waals surface area contributed by atoms with Crippen LogP contribution in [0.15, 0.2) is 0 Å². The van der Waals surface area contributed by atoms with E-state index in [4.69, 9.17) is 9.47 Å². The van der Waals surface area contributed by atoms with E-state index in [2.05, 4.69) is 19.2 Å². The Hall–Kier alpha value is -0.850. The van der Waals surface area contributed by atoms with Crippen molar-refractivity contribution in [3.05, 3.63) is 0 Å². The van der Waals surface area contributed by atoms with E-state index in [-0.39, 0.29) is 18.9 Å². The molecule has 0 aromatic rings. The van der Waals surface area contributed by atoms with Crippen LogP contribution in [-0.4, -0.2) is 98.7 Å². The van der Waals surface area contributed by atoms with Crippen LogP contribution in [-0.2, 0) is 14.3 Å². The molecule has 292 valence electrons. The van der Waals surface area contributed by atoms with Gasteiger partial charge in [0.05, 0.1) is 25.4 Å². The molecule has 7 N–H and O–H groups in total. The number of rotatable bonds is 33. The minimum absolute atomic E-state index is 0.258. The zero-order valence-electron chi connectivity index (χ0n) is 31.3. The van der Waals surface area contributed by atoms with Crippen molar-refractivity contribution in [2.75, 3.05) is 13.2 Å². The molecular formula is C39H77NO9. The molecule has 0 aliphatic carbocycles. The summed E-state index contributed by atoms with van der Waals surface area (Å²) < 4.78 is 11.1. The lowest BCUT2D eigenvalue weighted by molar-refractivity contribution is -0.303. The molecule has 1 rings (SSSR count). The van der Waals surface area contributed by atoms with Crippen molar-refractivity contribution in [3.8, 4) is 0 Å². The van der Waals surface area contributed by atoms with Crippen molar-refractivity contribution in [2.24, 2.45) is 0 Å². The summed E-state index contributed by atoms with van der Waals surface area (Å²) in [4.78, 5) is 12.9. The van der Waals surface area contributed by atoms with Gasteiger partial charge in [0, 0.05) is 6.42 Å². The highest BCUT2D eigenvalue weighted by atomic mass is 16.7. The lowest BCUT2D eigenvalue weighted by Crippen LogP contribution is -2.60. The third-order valence-corrected chi connectivity index (χ3v) is 10.1. The number of unbranched alkanes of at least 4 members (excludes halogenated alkanes) is 22. The van der Waals surface area contributed by atoms with Crippen LogP contribution >= 0.6 is 0 Å². The average molecular weight is 704 g/mol. The van der Waals surface area contributed by atoms with Crippen molar-refractivity contribution in [3.63, 3.8) is 0 Å². The molecular weight excluding hydrogens is 626 g/mol.